The van der Waals surface area contributed by atoms with E-state index in [-0.39, 0.29) is 10.8 Å². The lowest BCUT2D eigenvalue weighted by Crippen LogP contribution is -2.17. The van der Waals surface area contributed by atoms with Crippen molar-refractivity contribution in [3.05, 3.63) is 28.8 Å². The molecular formula is C18H26OS. The zero-order valence-electron chi connectivity index (χ0n) is 13.5. The standard InChI is InChI=1S/C18H26OS/c1-17(2,3)14-11-13(9-7-8-10-20)16(19)15(12-14)18(4,5)6/h11-12,19-20H,8,10H2,1-6H3. The molecule has 0 saturated carbocycles. The largest absolute Gasteiger partial charge is 0.506 e. The Morgan fingerprint density at radius 1 is 1.05 bits per heavy atom. The van der Waals surface area contributed by atoms with E-state index in [1.807, 2.05) is 6.07 Å². The summed E-state index contributed by atoms with van der Waals surface area (Å²) >= 11 is 4.16. The van der Waals surface area contributed by atoms with E-state index >= 15 is 0 Å². The van der Waals surface area contributed by atoms with Crippen molar-refractivity contribution in [1.29, 1.82) is 0 Å². The van der Waals surface area contributed by atoms with E-state index in [2.05, 4.69) is 72.1 Å². The number of phenolic OH excluding ortho intramolecular Hbond substituents is 1. The first-order chi connectivity index (χ1) is 9.07. The minimum atomic E-state index is -0.106. The van der Waals surface area contributed by atoms with Gasteiger partial charge in [-0.05, 0) is 22.5 Å². The number of hydrogen-bond donors (Lipinski definition) is 2. The van der Waals surface area contributed by atoms with Crippen LogP contribution in [0.5, 0.6) is 5.75 Å². The highest BCUT2D eigenvalue weighted by Gasteiger charge is 2.24. The van der Waals surface area contributed by atoms with Gasteiger partial charge in [-0.2, -0.15) is 12.6 Å². The lowest BCUT2D eigenvalue weighted by atomic mass is 9.79. The molecule has 20 heavy (non-hydrogen) atoms. The van der Waals surface area contributed by atoms with Crippen molar-refractivity contribution < 1.29 is 5.11 Å². The molecular weight excluding hydrogens is 264 g/mol. The predicted octanol–water partition coefficient (Wildman–Crippen LogP) is 4.66. The lowest BCUT2D eigenvalue weighted by molar-refractivity contribution is 0.443. The molecule has 0 saturated heterocycles. The Morgan fingerprint density at radius 3 is 2.10 bits per heavy atom. The molecule has 0 atom stereocenters. The van der Waals surface area contributed by atoms with Crippen molar-refractivity contribution in [2.24, 2.45) is 0 Å². The molecule has 1 N–H and O–H groups in total. The second-order valence-corrected chi connectivity index (χ2v) is 7.64. The van der Waals surface area contributed by atoms with Gasteiger partial charge in [0.25, 0.3) is 0 Å². The minimum Gasteiger partial charge on any atom is -0.506 e. The highest BCUT2D eigenvalue weighted by Crippen LogP contribution is 2.37. The topological polar surface area (TPSA) is 20.2 Å². The van der Waals surface area contributed by atoms with Crippen LogP contribution in [0.2, 0.25) is 0 Å². The van der Waals surface area contributed by atoms with Crippen molar-refractivity contribution in [3.8, 4) is 17.6 Å². The van der Waals surface area contributed by atoms with E-state index in [9.17, 15) is 5.11 Å². The number of hydrogen-bond acceptors (Lipinski definition) is 2. The number of benzene rings is 1. The van der Waals surface area contributed by atoms with Gasteiger partial charge in [-0.1, -0.05) is 59.4 Å². The fourth-order valence-corrected chi connectivity index (χ4v) is 2.06. The molecule has 0 fully saturated rings. The van der Waals surface area contributed by atoms with Gasteiger partial charge < -0.3 is 5.11 Å². The summed E-state index contributed by atoms with van der Waals surface area (Å²) in [5, 5.41) is 10.5. The van der Waals surface area contributed by atoms with E-state index in [0.717, 1.165) is 23.3 Å². The van der Waals surface area contributed by atoms with Gasteiger partial charge in [0.2, 0.25) is 0 Å². The number of aromatic hydroxyl groups is 1. The van der Waals surface area contributed by atoms with Gasteiger partial charge in [-0.15, -0.1) is 0 Å². The van der Waals surface area contributed by atoms with E-state index in [0.29, 0.717) is 5.75 Å². The molecule has 0 bridgehead atoms. The highest BCUT2D eigenvalue weighted by atomic mass is 32.1. The molecule has 0 heterocycles. The first-order valence-corrected chi connectivity index (χ1v) is 7.68. The molecule has 110 valence electrons. The van der Waals surface area contributed by atoms with Gasteiger partial charge in [0.05, 0.1) is 5.56 Å². The molecule has 0 unspecified atom stereocenters. The smallest absolute Gasteiger partial charge is 0.134 e. The van der Waals surface area contributed by atoms with Crippen molar-refractivity contribution in [2.75, 3.05) is 5.75 Å². The summed E-state index contributed by atoms with van der Waals surface area (Å²) in [5.74, 6) is 7.20. The van der Waals surface area contributed by atoms with E-state index < -0.39 is 0 Å². The first kappa shape index (κ1) is 17.0. The minimum absolute atomic E-state index is 0.0354. The molecule has 0 spiro atoms. The van der Waals surface area contributed by atoms with Crippen LogP contribution in [0.25, 0.3) is 0 Å². The molecule has 1 aromatic rings. The van der Waals surface area contributed by atoms with Crippen LogP contribution in [-0.4, -0.2) is 10.9 Å². The zero-order valence-corrected chi connectivity index (χ0v) is 14.4. The Bertz CT molecular complexity index is 533. The quantitative estimate of drug-likeness (QED) is 0.569. The number of thiol groups is 1. The van der Waals surface area contributed by atoms with E-state index in [4.69, 9.17) is 0 Å². The van der Waals surface area contributed by atoms with Crippen LogP contribution in [0.15, 0.2) is 12.1 Å². The summed E-state index contributed by atoms with van der Waals surface area (Å²) in [6, 6.07) is 4.12. The molecule has 1 rings (SSSR count). The van der Waals surface area contributed by atoms with Crippen LogP contribution >= 0.6 is 12.6 Å². The summed E-state index contributed by atoms with van der Waals surface area (Å²) < 4.78 is 0. The van der Waals surface area contributed by atoms with Crippen LogP contribution in [0.3, 0.4) is 0 Å². The van der Waals surface area contributed by atoms with Gasteiger partial charge >= 0.3 is 0 Å². The van der Waals surface area contributed by atoms with Crippen LogP contribution in [-0.2, 0) is 10.8 Å². The Labute approximate surface area is 129 Å². The Kier molecular flexibility index (Phi) is 5.21. The molecule has 0 amide bonds. The summed E-state index contributed by atoms with van der Waals surface area (Å²) in [6.45, 7) is 12.9. The maximum absolute atomic E-state index is 10.5. The molecule has 1 nitrogen and oxygen atoms in total. The Morgan fingerprint density at radius 2 is 1.65 bits per heavy atom. The monoisotopic (exact) mass is 290 g/mol. The zero-order chi connectivity index (χ0) is 15.6. The number of phenols is 1. The van der Waals surface area contributed by atoms with Gasteiger partial charge in [-0.3, -0.25) is 0 Å². The molecule has 0 aliphatic rings. The highest BCUT2D eigenvalue weighted by molar-refractivity contribution is 7.80. The van der Waals surface area contributed by atoms with Crippen molar-refractivity contribution >= 4 is 12.6 Å². The van der Waals surface area contributed by atoms with Crippen LogP contribution < -0.4 is 0 Å². The molecule has 0 aliphatic carbocycles. The molecule has 0 radical (unpaired) electrons. The SMILES string of the molecule is CC(C)(C)c1cc(C#CCCS)c(O)c(C(C)(C)C)c1. The fraction of sp³-hybridized carbons (Fsp3) is 0.556. The average Bonchev–Trinajstić information content (AvgIpc) is 2.28. The van der Waals surface area contributed by atoms with E-state index in [1.165, 1.54) is 5.56 Å². The average molecular weight is 290 g/mol. The van der Waals surface area contributed by atoms with Gasteiger partial charge in [0, 0.05) is 17.7 Å². The first-order valence-electron chi connectivity index (χ1n) is 7.05. The van der Waals surface area contributed by atoms with Gasteiger partial charge in [0.1, 0.15) is 5.75 Å². The van der Waals surface area contributed by atoms with E-state index in [1.54, 1.807) is 0 Å². The van der Waals surface area contributed by atoms with Crippen molar-refractivity contribution in [1.82, 2.24) is 0 Å². The van der Waals surface area contributed by atoms with Crippen LogP contribution in [0, 0.1) is 11.8 Å². The second kappa shape index (κ2) is 6.14. The normalized spacial score (nSPS) is 11.9. The van der Waals surface area contributed by atoms with Gasteiger partial charge in [-0.25, -0.2) is 0 Å². The summed E-state index contributed by atoms with van der Waals surface area (Å²) in [4.78, 5) is 0. The predicted molar refractivity (Wildman–Crippen MR) is 90.9 cm³/mol. The number of rotatable bonds is 1. The summed E-state index contributed by atoms with van der Waals surface area (Å²) in [7, 11) is 0. The lowest BCUT2D eigenvalue weighted by Gasteiger charge is -2.26. The third-order valence-electron chi connectivity index (χ3n) is 3.24. The fourth-order valence-electron chi connectivity index (χ4n) is 1.95. The van der Waals surface area contributed by atoms with Crippen LogP contribution in [0.4, 0.5) is 0 Å². The molecule has 1 aromatic carbocycles. The third-order valence-corrected chi connectivity index (χ3v) is 3.47. The van der Waals surface area contributed by atoms with Crippen molar-refractivity contribution in [3.63, 3.8) is 0 Å². The van der Waals surface area contributed by atoms with Gasteiger partial charge in [0.15, 0.2) is 0 Å². The summed E-state index contributed by atoms with van der Waals surface area (Å²) in [5.41, 5.74) is 2.82. The molecule has 0 aromatic heterocycles. The third kappa shape index (κ3) is 4.21. The summed E-state index contributed by atoms with van der Waals surface area (Å²) in [6.07, 6.45) is 0.729. The molecule has 0 aliphatic heterocycles. The van der Waals surface area contributed by atoms with Crippen LogP contribution in [0.1, 0.15) is 64.7 Å². The second-order valence-electron chi connectivity index (χ2n) is 7.20. The maximum Gasteiger partial charge on any atom is 0.134 e. The van der Waals surface area contributed by atoms with Crippen molar-refractivity contribution in [2.45, 2.75) is 58.8 Å². The molecule has 2 heteroatoms. The maximum atomic E-state index is 10.5. The Balaban J connectivity index is 3.49. The Hall–Kier alpha value is -1.07.